The molecule has 162 valence electrons. The van der Waals surface area contributed by atoms with E-state index in [1.165, 1.54) is 18.2 Å². The van der Waals surface area contributed by atoms with E-state index in [1.54, 1.807) is 31.2 Å². The van der Waals surface area contributed by atoms with Crippen LogP contribution in [0.2, 0.25) is 0 Å². The summed E-state index contributed by atoms with van der Waals surface area (Å²) in [7, 11) is 0. The Kier molecular flexibility index (Phi) is 8.07. The Bertz CT molecular complexity index is 983. The van der Waals surface area contributed by atoms with Crippen molar-refractivity contribution >= 4 is 29.3 Å². The third-order valence-electron chi connectivity index (χ3n) is 5.22. The Hall–Kier alpha value is -2.85. The van der Waals surface area contributed by atoms with Crippen LogP contribution in [0.25, 0.3) is 0 Å². The van der Waals surface area contributed by atoms with Crippen molar-refractivity contribution in [2.24, 2.45) is 0 Å². The molecule has 1 heterocycles. The van der Waals surface area contributed by atoms with Gasteiger partial charge in [0.1, 0.15) is 11.1 Å². The van der Waals surface area contributed by atoms with E-state index < -0.39 is 0 Å². The monoisotopic (exact) mass is 437 g/mol. The van der Waals surface area contributed by atoms with Gasteiger partial charge in [0, 0.05) is 11.4 Å². The van der Waals surface area contributed by atoms with Crippen LogP contribution in [-0.2, 0) is 22.4 Å². The zero-order valence-electron chi connectivity index (χ0n) is 17.9. The molecule has 6 nitrogen and oxygen atoms in total. The number of pyridine rings is 1. The van der Waals surface area contributed by atoms with Gasteiger partial charge in [-0.2, -0.15) is 5.26 Å². The summed E-state index contributed by atoms with van der Waals surface area (Å²) in [4.78, 5) is 29.4. The smallest absolute Gasteiger partial charge is 0.338 e. The second kappa shape index (κ2) is 11.0. The molecule has 1 aromatic carbocycles. The van der Waals surface area contributed by atoms with Crippen molar-refractivity contribution in [2.45, 2.75) is 62.6 Å². The van der Waals surface area contributed by atoms with Gasteiger partial charge in [0.05, 0.1) is 23.0 Å². The number of thioether (sulfide) groups is 1. The highest BCUT2D eigenvalue weighted by atomic mass is 32.2. The largest absolute Gasteiger partial charge is 0.462 e. The van der Waals surface area contributed by atoms with Gasteiger partial charge in [0.2, 0.25) is 5.91 Å². The number of aromatic nitrogens is 1. The standard InChI is InChI=1S/C24H27N3O3S/c1-3-21(22(28)26-19-12-10-16(11-13-19)24(29)30-4-2)31-23-18(15-25)14-17-8-6-5-7-9-20(17)27-23/h10-14,21H,3-9H2,1-2H3,(H,26,28). The minimum absolute atomic E-state index is 0.156. The molecule has 0 bridgehead atoms. The molecule has 1 atom stereocenters. The molecule has 0 saturated carbocycles. The van der Waals surface area contributed by atoms with Gasteiger partial charge in [-0.25, -0.2) is 9.78 Å². The van der Waals surface area contributed by atoms with Gasteiger partial charge < -0.3 is 10.1 Å². The summed E-state index contributed by atoms with van der Waals surface area (Å²) in [5.41, 5.74) is 3.80. The minimum Gasteiger partial charge on any atom is -0.462 e. The molecule has 2 aromatic rings. The zero-order chi connectivity index (χ0) is 22.2. The van der Waals surface area contributed by atoms with Crippen LogP contribution in [-0.4, -0.2) is 28.7 Å². The molecule has 7 heteroatoms. The number of nitrogens with one attached hydrogen (secondary N) is 1. The number of amides is 1. The number of esters is 1. The molecule has 3 rings (SSSR count). The first-order chi connectivity index (χ1) is 15.0. The lowest BCUT2D eigenvalue weighted by molar-refractivity contribution is -0.115. The maximum absolute atomic E-state index is 12.9. The van der Waals surface area contributed by atoms with Crippen LogP contribution in [0, 0.1) is 11.3 Å². The van der Waals surface area contributed by atoms with Gasteiger partial charge >= 0.3 is 5.97 Å². The van der Waals surface area contributed by atoms with Gasteiger partial charge in [-0.15, -0.1) is 0 Å². The number of hydrogen-bond acceptors (Lipinski definition) is 6. The van der Waals surface area contributed by atoms with Gasteiger partial charge in [-0.3, -0.25) is 4.79 Å². The average Bonchev–Trinajstić information content (AvgIpc) is 3.02. The maximum atomic E-state index is 12.9. The van der Waals surface area contributed by atoms with Crippen molar-refractivity contribution in [3.8, 4) is 6.07 Å². The van der Waals surface area contributed by atoms with Crippen LogP contribution < -0.4 is 5.32 Å². The van der Waals surface area contributed by atoms with Crippen molar-refractivity contribution in [2.75, 3.05) is 11.9 Å². The van der Waals surface area contributed by atoms with E-state index in [1.807, 2.05) is 13.0 Å². The SMILES string of the molecule is CCOC(=O)c1ccc(NC(=O)C(CC)Sc2nc3c(cc2C#N)CCCCC3)cc1. The van der Waals surface area contributed by atoms with E-state index in [-0.39, 0.29) is 17.1 Å². The Balaban J connectivity index is 1.72. The summed E-state index contributed by atoms with van der Waals surface area (Å²) in [6.45, 7) is 4.01. The molecule has 1 aromatic heterocycles. The molecule has 0 aliphatic heterocycles. The number of anilines is 1. The van der Waals surface area contributed by atoms with Gasteiger partial charge in [-0.1, -0.05) is 25.1 Å². The average molecular weight is 438 g/mol. The summed E-state index contributed by atoms with van der Waals surface area (Å²) in [5.74, 6) is -0.544. The van der Waals surface area contributed by atoms with Gasteiger partial charge in [0.15, 0.2) is 0 Å². The number of fused-ring (bicyclic) bond motifs is 1. The first kappa shape index (κ1) is 22.8. The van der Waals surface area contributed by atoms with Gasteiger partial charge in [-0.05, 0) is 74.9 Å². The Morgan fingerprint density at radius 2 is 1.94 bits per heavy atom. The van der Waals surface area contributed by atoms with Crippen molar-refractivity contribution in [1.29, 1.82) is 5.26 Å². The molecule has 1 aliphatic carbocycles. The predicted octanol–water partition coefficient (Wildman–Crippen LogP) is 4.91. The molecule has 0 fully saturated rings. The van der Waals surface area contributed by atoms with E-state index >= 15 is 0 Å². The normalized spacial score (nSPS) is 14.0. The molecule has 1 amide bonds. The summed E-state index contributed by atoms with van der Waals surface area (Å²) in [6, 6.07) is 10.8. The summed E-state index contributed by atoms with van der Waals surface area (Å²) < 4.78 is 4.98. The number of nitriles is 1. The first-order valence-corrected chi connectivity index (χ1v) is 11.6. The molecular formula is C24H27N3O3S. The van der Waals surface area contributed by atoms with Crippen LogP contribution in [0.3, 0.4) is 0 Å². The number of carbonyl (C=O) groups is 2. The van der Waals surface area contributed by atoms with Crippen LogP contribution in [0.15, 0.2) is 35.4 Å². The maximum Gasteiger partial charge on any atom is 0.338 e. The summed E-state index contributed by atoms with van der Waals surface area (Å²) >= 11 is 1.34. The lowest BCUT2D eigenvalue weighted by Crippen LogP contribution is -2.25. The third-order valence-corrected chi connectivity index (χ3v) is 6.58. The minimum atomic E-state index is -0.388. The highest BCUT2D eigenvalue weighted by Gasteiger charge is 2.22. The number of aryl methyl sites for hydroxylation is 2. The Morgan fingerprint density at radius 1 is 1.19 bits per heavy atom. The highest BCUT2D eigenvalue weighted by molar-refractivity contribution is 8.00. The number of carbonyl (C=O) groups excluding carboxylic acids is 2. The van der Waals surface area contributed by atoms with E-state index in [4.69, 9.17) is 9.72 Å². The van der Waals surface area contributed by atoms with Crippen molar-refractivity contribution in [3.63, 3.8) is 0 Å². The van der Waals surface area contributed by atoms with E-state index in [0.717, 1.165) is 36.9 Å². The number of nitrogens with zero attached hydrogens (tertiary/aromatic N) is 2. The van der Waals surface area contributed by atoms with Crippen molar-refractivity contribution in [1.82, 2.24) is 4.98 Å². The molecule has 1 N–H and O–H groups in total. The molecule has 0 radical (unpaired) electrons. The molecule has 0 saturated heterocycles. The molecule has 1 aliphatic rings. The fraction of sp³-hybridized carbons (Fsp3) is 0.417. The Labute approximate surface area is 187 Å². The van der Waals surface area contributed by atoms with Crippen molar-refractivity contribution < 1.29 is 14.3 Å². The highest BCUT2D eigenvalue weighted by Crippen LogP contribution is 2.31. The lowest BCUT2D eigenvalue weighted by atomic mass is 10.1. The quantitative estimate of drug-likeness (QED) is 0.376. The lowest BCUT2D eigenvalue weighted by Gasteiger charge is -2.16. The Morgan fingerprint density at radius 3 is 2.61 bits per heavy atom. The number of benzene rings is 1. The van der Waals surface area contributed by atoms with Crippen molar-refractivity contribution in [3.05, 3.63) is 52.7 Å². The molecule has 0 spiro atoms. The second-order valence-electron chi connectivity index (χ2n) is 7.42. The van der Waals surface area contributed by atoms with E-state index in [9.17, 15) is 14.9 Å². The summed E-state index contributed by atoms with van der Waals surface area (Å²) in [6.07, 6.45) is 5.89. The van der Waals surface area contributed by atoms with Crippen LogP contribution in [0.5, 0.6) is 0 Å². The number of ether oxygens (including phenoxy) is 1. The van der Waals surface area contributed by atoms with Crippen LogP contribution in [0.1, 0.15) is 66.7 Å². The number of rotatable bonds is 7. The fourth-order valence-corrected chi connectivity index (χ4v) is 4.54. The van der Waals surface area contributed by atoms with Gasteiger partial charge in [0.25, 0.3) is 0 Å². The van der Waals surface area contributed by atoms with Crippen LogP contribution >= 0.6 is 11.8 Å². The predicted molar refractivity (Wildman–Crippen MR) is 121 cm³/mol. The molecular weight excluding hydrogens is 410 g/mol. The fourth-order valence-electron chi connectivity index (χ4n) is 3.55. The number of hydrogen-bond donors (Lipinski definition) is 1. The summed E-state index contributed by atoms with van der Waals surface area (Å²) in [5, 5.41) is 12.8. The third kappa shape index (κ3) is 5.86. The second-order valence-corrected chi connectivity index (χ2v) is 8.61. The van der Waals surface area contributed by atoms with Crippen LogP contribution in [0.4, 0.5) is 5.69 Å². The van der Waals surface area contributed by atoms with E-state index in [2.05, 4.69) is 11.4 Å². The topological polar surface area (TPSA) is 92.1 Å². The molecule has 1 unspecified atom stereocenters. The first-order valence-electron chi connectivity index (χ1n) is 10.7. The molecule has 31 heavy (non-hydrogen) atoms. The zero-order valence-corrected chi connectivity index (χ0v) is 18.8. The van der Waals surface area contributed by atoms with E-state index in [0.29, 0.717) is 34.9 Å².